The average Bonchev–Trinajstić information content (AvgIpc) is 2.18. The minimum absolute atomic E-state index is 0.404. The fraction of sp³-hybridized carbons (Fsp3) is 0.500. The molecule has 1 atom stereocenters. The number of nitrogens with zero attached hydrogens (tertiary/aromatic N) is 2. The third-order valence-corrected chi connectivity index (χ3v) is 3.03. The standard InChI is InChI=1S/C10H14BrN3/c1-14-6-5-12-7-9(14)8-3-2-4-10(11)13-8/h2-4,9,12H,5-7H2,1H3. The van der Waals surface area contributed by atoms with Gasteiger partial charge in [0.05, 0.1) is 11.7 Å². The van der Waals surface area contributed by atoms with Crippen LogP contribution in [-0.4, -0.2) is 36.6 Å². The summed E-state index contributed by atoms with van der Waals surface area (Å²) >= 11 is 3.40. The van der Waals surface area contributed by atoms with Gasteiger partial charge in [0.15, 0.2) is 0 Å². The van der Waals surface area contributed by atoms with Gasteiger partial charge in [0, 0.05) is 19.6 Å². The third-order valence-electron chi connectivity index (χ3n) is 2.59. The van der Waals surface area contributed by atoms with E-state index < -0.39 is 0 Å². The summed E-state index contributed by atoms with van der Waals surface area (Å²) in [5.41, 5.74) is 1.13. The van der Waals surface area contributed by atoms with Crippen LogP contribution in [0.5, 0.6) is 0 Å². The van der Waals surface area contributed by atoms with Crippen LogP contribution in [-0.2, 0) is 0 Å². The second-order valence-corrected chi connectivity index (χ2v) is 4.40. The maximum atomic E-state index is 4.48. The van der Waals surface area contributed by atoms with Crippen molar-refractivity contribution in [1.29, 1.82) is 0 Å². The first-order valence-electron chi connectivity index (χ1n) is 4.81. The minimum Gasteiger partial charge on any atom is -0.313 e. The van der Waals surface area contributed by atoms with Gasteiger partial charge in [-0.1, -0.05) is 6.07 Å². The molecule has 1 aromatic rings. The first-order valence-corrected chi connectivity index (χ1v) is 5.60. The van der Waals surface area contributed by atoms with Crippen LogP contribution in [0.4, 0.5) is 0 Å². The van der Waals surface area contributed by atoms with E-state index in [1.54, 1.807) is 0 Å². The van der Waals surface area contributed by atoms with Gasteiger partial charge in [-0.2, -0.15) is 0 Å². The van der Waals surface area contributed by atoms with Crippen LogP contribution in [0.1, 0.15) is 11.7 Å². The highest BCUT2D eigenvalue weighted by atomic mass is 79.9. The quantitative estimate of drug-likeness (QED) is 0.770. The van der Waals surface area contributed by atoms with Crippen molar-refractivity contribution in [2.75, 3.05) is 26.7 Å². The SMILES string of the molecule is CN1CCNCC1c1cccc(Br)n1. The highest BCUT2D eigenvalue weighted by Gasteiger charge is 2.21. The topological polar surface area (TPSA) is 28.2 Å². The molecule has 1 saturated heterocycles. The molecule has 0 bridgehead atoms. The molecule has 1 unspecified atom stereocenters. The molecule has 1 aromatic heterocycles. The van der Waals surface area contributed by atoms with Crippen molar-refractivity contribution in [3.8, 4) is 0 Å². The third kappa shape index (κ3) is 2.13. The Kier molecular flexibility index (Phi) is 3.15. The van der Waals surface area contributed by atoms with E-state index in [4.69, 9.17) is 0 Å². The second kappa shape index (κ2) is 4.38. The molecule has 0 aromatic carbocycles. The predicted molar refractivity (Wildman–Crippen MR) is 60.2 cm³/mol. The molecule has 4 heteroatoms. The van der Waals surface area contributed by atoms with Gasteiger partial charge in [-0.05, 0) is 35.1 Å². The summed E-state index contributed by atoms with van der Waals surface area (Å²) in [5.74, 6) is 0. The molecule has 0 amide bonds. The van der Waals surface area contributed by atoms with Crippen LogP contribution in [0.2, 0.25) is 0 Å². The van der Waals surface area contributed by atoms with Crippen molar-refractivity contribution in [2.45, 2.75) is 6.04 Å². The summed E-state index contributed by atoms with van der Waals surface area (Å²) in [4.78, 5) is 6.82. The molecular weight excluding hydrogens is 242 g/mol. The number of hydrogen-bond acceptors (Lipinski definition) is 3. The van der Waals surface area contributed by atoms with Gasteiger partial charge < -0.3 is 5.32 Å². The van der Waals surface area contributed by atoms with Gasteiger partial charge in [-0.25, -0.2) is 4.98 Å². The zero-order valence-corrected chi connectivity index (χ0v) is 9.79. The Hall–Kier alpha value is -0.450. The van der Waals surface area contributed by atoms with Crippen molar-refractivity contribution >= 4 is 15.9 Å². The van der Waals surface area contributed by atoms with Crippen molar-refractivity contribution in [1.82, 2.24) is 15.2 Å². The van der Waals surface area contributed by atoms with Crippen LogP contribution in [0.25, 0.3) is 0 Å². The van der Waals surface area contributed by atoms with Crippen LogP contribution >= 0.6 is 15.9 Å². The Balaban J connectivity index is 2.20. The predicted octanol–water partition coefficient (Wildman–Crippen LogP) is 1.42. The Labute approximate surface area is 92.6 Å². The zero-order chi connectivity index (χ0) is 9.97. The molecule has 14 heavy (non-hydrogen) atoms. The van der Waals surface area contributed by atoms with Crippen LogP contribution < -0.4 is 5.32 Å². The number of hydrogen-bond donors (Lipinski definition) is 1. The second-order valence-electron chi connectivity index (χ2n) is 3.59. The van der Waals surface area contributed by atoms with E-state index in [0.717, 1.165) is 29.9 Å². The van der Waals surface area contributed by atoms with Crippen molar-refractivity contribution in [3.63, 3.8) is 0 Å². The molecule has 1 fully saturated rings. The molecule has 1 N–H and O–H groups in total. The van der Waals surface area contributed by atoms with Crippen LogP contribution in [0, 0.1) is 0 Å². The molecule has 2 heterocycles. The summed E-state index contributed by atoms with van der Waals surface area (Å²) in [7, 11) is 2.15. The summed E-state index contributed by atoms with van der Waals surface area (Å²) < 4.78 is 0.911. The fourth-order valence-electron chi connectivity index (χ4n) is 1.75. The van der Waals surface area contributed by atoms with Crippen LogP contribution in [0.15, 0.2) is 22.8 Å². The monoisotopic (exact) mass is 255 g/mol. The largest absolute Gasteiger partial charge is 0.313 e. The Bertz CT molecular complexity index is 316. The molecule has 0 aliphatic carbocycles. The highest BCUT2D eigenvalue weighted by molar-refractivity contribution is 9.10. The van der Waals surface area contributed by atoms with Gasteiger partial charge >= 0.3 is 0 Å². The lowest BCUT2D eigenvalue weighted by Gasteiger charge is -2.32. The van der Waals surface area contributed by atoms with Gasteiger partial charge in [0.1, 0.15) is 4.60 Å². The smallest absolute Gasteiger partial charge is 0.106 e. The molecule has 2 rings (SSSR count). The summed E-state index contributed by atoms with van der Waals surface area (Å²) in [6.45, 7) is 3.14. The maximum Gasteiger partial charge on any atom is 0.106 e. The average molecular weight is 256 g/mol. The summed E-state index contributed by atoms with van der Waals surface area (Å²) in [5, 5.41) is 3.39. The van der Waals surface area contributed by atoms with Gasteiger partial charge in [0.2, 0.25) is 0 Å². The minimum atomic E-state index is 0.404. The zero-order valence-electron chi connectivity index (χ0n) is 8.20. The molecule has 3 nitrogen and oxygen atoms in total. The Morgan fingerprint density at radius 1 is 1.57 bits per heavy atom. The Morgan fingerprint density at radius 3 is 3.14 bits per heavy atom. The van der Waals surface area contributed by atoms with Gasteiger partial charge in [0.25, 0.3) is 0 Å². The van der Waals surface area contributed by atoms with E-state index in [9.17, 15) is 0 Å². The highest BCUT2D eigenvalue weighted by Crippen LogP contribution is 2.19. The lowest BCUT2D eigenvalue weighted by Crippen LogP contribution is -2.44. The molecule has 0 saturated carbocycles. The maximum absolute atomic E-state index is 4.48. The summed E-state index contributed by atoms with van der Waals surface area (Å²) in [6, 6.07) is 6.48. The normalized spacial score (nSPS) is 23.7. The number of pyridine rings is 1. The van der Waals surface area contributed by atoms with E-state index in [2.05, 4.69) is 44.2 Å². The lowest BCUT2D eigenvalue weighted by atomic mass is 10.1. The first kappa shape index (κ1) is 10.1. The van der Waals surface area contributed by atoms with E-state index in [1.165, 1.54) is 0 Å². The van der Waals surface area contributed by atoms with Crippen molar-refractivity contribution in [3.05, 3.63) is 28.5 Å². The van der Waals surface area contributed by atoms with E-state index in [-0.39, 0.29) is 0 Å². The number of likely N-dealkylation sites (N-methyl/N-ethyl adjacent to an activating group) is 1. The molecule has 0 radical (unpaired) electrons. The van der Waals surface area contributed by atoms with Gasteiger partial charge in [-0.15, -0.1) is 0 Å². The summed E-state index contributed by atoms with van der Waals surface area (Å²) in [6.07, 6.45) is 0. The van der Waals surface area contributed by atoms with Gasteiger partial charge in [-0.3, -0.25) is 4.90 Å². The number of nitrogens with one attached hydrogen (secondary N) is 1. The number of aromatic nitrogens is 1. The van der Waals surface area contributed by atoms with E-state index in [0.29, 0.717) is 6.04 Å². The number of halogens is 1. The van der Waals surface area contributed by atoms with E-state index in [1.807, 2.05) is 12.1 Å². The molecule has 1 aliphatic heterocycles. The first-order chi connectivity index (χ1) is 6.77. The fourth-order valence-corrected chi connectivity index (χ4v) is 2.10. The molecular formula is C10H14BrN3. The van der Waals surface area contributed by atoms with E-state index >= 15 is 0 Å². The molecule has 76 valence electrons. The number of piperazine rings is 1. The Morgan fingerprint density at radius 2 is 2.43 bits per heavy atom. The lowest BCUT2D eigenvalue weighted by molar-refractivity contribution is 0.198. The number of rotatable bonds is 1. The van der Waals surface area contributed by atoms with Crippen molar-refractivity contribution < 1.29 is 0 Å². The van der Waals surface area contributed by atoms with Crippen molar-refractivity contribution in [2.24, 2.45) is 0 Å². The van der Waals surface area contributed by atoms with Crippen LogP contribution in [0.3, 0.4) is 0 Å². The molecule has 1 aliphatic rings. The molecule has 0 spiro atoms.